The van der Waals surface area contributed by atoms with E-state index in [-0.39, 0.29) is 25.4 Å². The highest BCUT2D eigenvalue weighted by Crippen LogP contribution is 2.26. The lowest BCUT2D eigenvalue weighted by atomic mass is 10.1. The Morgan fingerprint density at radius 1 is 0.950 bits per heavy atom. The van der Waals surface area contributed by atoms with Crippen LogP contribution in [0.4, 0.5) is 0 Å². The van der Waals surface area contributed by atoms with Crippen LogP contribution >= 0.6 is 0 Å². The first-order valence-corrected chi connectivity index (χ1v) is 6.04. The number of nitrogens with zero attached hydrogens (tertiary/aromatic N) is 2. The van der Waals surface area contributed by atoms with E-state index in [1.807, 2.05) is 12.1 Å². The lowest BCUT2D eigenvalue weighted by Gasteiger charge is -2.09. The largest absolute Gasteiger partial charge is 0.388 e. The monoisotopic (exact) mass is 280 g/mol. The maximum Gasteiger partial charge on any atom is 0.114 e. The molecule has 0 spiro atoms. The van der Waals surface area contributed by atoms with Crippen LogP contribution < -0.4 is 0 Å². The molecule has 2 heterocycles. The lowest BCUT2D eigenvalue weighted by molar-refractivity contribution is 0.00205. The molecule has 0 aromatic heterocycles. The Labute approximate surface area is 119 Å². The molecule has 4 atom stereocenters. The first-order chi connectivity index (χ1) is 9.33. The molecule has 110 valence electrons. The quantitative estimate of drug-likeness (QED) is 0.632. The van der Waals surface area contributed by atoms with Crippen molar-refractivity contribution in [2.75, 3.05) is 13.2 Å². The van der Waals surface area contributed by atoms with Gasteiger partial charge < -0.3 is 19.7 Å². The van der Waals surface area contributed by atoms with Crippen molar-refractivity contribution in [2.24, 2.45) is 0 Å². The minimum Gasteiger partial charge on any atom is -0.388 e. The number of nitriles is 2. The number of rotatable bonds is 0. The van der Waals surface area contributed by atoms with Crippen molar-refractivity contribution in [1.29, 1.82) is 10.5 Å². The Bertz CT molecular complexity index is 382. The van der Waals surface area contributed by atoms with Crippen molar-refractivity contribution >= 4 is 0 Å². The van der Waals surface area contributed by atoms with Crippen LogP contribution in [0.5, 0.6) is 0 Å². The maximum absolute atomic E-state index is 9.16. The average Bonchev–Trinajstić information content (AvgIpc) is 2.96. The normalized spacial score (nSPS) is 29.5. The summed E-state index contributed by atoms with van der Waals surface area (Å²) in [6.45, 7) is 10.5. The fraction of sp³-hybridized carbons (Fsp3) is 0.571. The van der Waals surface area contributed by atoms with E-state index in [0.29, 0.717) is 11.1 Å². The van der Waals surface area contributed by atoms with Crippen LogP contribution in [-0.4, -0.2) is 47.8 Å². The number of hydrogen-bond acceptors (Lipinski definition) is 6. The molecule has 2 rings (SSSR count). The van der Waals surface area contributed by atoms with Crippen LogP contribution in [0.3, 0.4) is 0 Å². The van der Waals surface area contributed by atoms with Crippen LogP contribution in [-0.2, 0) is 9.47 Å². The van der Waals surface area contributed by atoms with Gasteiger partial charge in [0.25, 0.3) is 0 Å². The Morgan fingerprint density at radius 3 is 1.40 bits per heavy atom. The molecule has 6 heteroatoms. The summed E-state index contributed by atoms with van der Waals surface area (Å²) in [6, 6.07) is 3.67. The average molecular weight is 280 g/mol. The second kappa shape index (κ2) is 9.24. The van der Waals surface area contributed by atoms with Crippen LogP contribution in [0.2, 0.25) is 0 Å². The number of aliphatic hydroxyl groups excluding tert-OH is 2. The minimum absolute atomic E-state index is 0.284. The SMILES string of the molecule is C=C(C)C#N.C=C(C)C#N.O[C@@H]1CO[C@H]2[C@@H]1OC[C@H]2O. The van der Waals surface area contributed by atoms with E-state index in [1.165, 1.54) is 0 Å². The third-order valence-electron chi connectivity index (χ3n) is 2.38. The molecule has 6 nitrogen and oxygen atoms in total. The van der Waals surface area contributed by atoms with Crippen molar-refractivity contribution < 1.29 is 19.7 Å². The predicted molar refractivity (Wildman–Crippen MR) is 72.3 cm³/mol. The zero-order valence-electron chi connectivity index (χ0n) is 11.7. The van der Waals surface area contributed by atoms with Gasteiger partial charge in [-0.1, -0.05) is 13.2 Å². The molecule has 2 fully saturated rings. The summed E-state index contributed by atoms with van der Waals surface area (Å²) >= 11 is 0. The van der Waals surface area contributed by atoms with E-state index < -0.39 is 12.2 Å². The summed E-state index contributed by atoms with van der Waals surface area (Å²) in [5, 5.41) is 33.9. The van der Waals surface area contributed by atoms with Gasteiger partial charge in [-0.3, -0.25) is 0 Å². The molecule has 0 saturated carbocycles. The molecule has 2 N–H and O–H groups in total. The Hall–Kier alpha value is -1.70. The summed E-state index contributed by atoms with van der Waals surface area (Å²) in [5.74, 6) is 0. The summed E-state index contributed by atoms with van der Waals surface area (Å²) in [5.41, 5.74) is 1.12. The maximum atomic E-state index is 9.16. The molecule has 0 radical (unpaired) electrons. The second-order valence-corrected chi connectivity index (χ2v) is 4.51. The molecule has 2 saturated heterocycles. The molecule has 0 bridgehead atoms. The first kappa shape index (κ1) is 18.3. The topological polar surface area (TPSA) is 107 Å². The van der Waals surface area contributed by atoms with Crippen molar-refractivity contribution in [3.63, 3.8) is 0 Å². The number of allylic oxidation sites excluding steroid dienone is 2. The molecule has 0 aliphatic carbocycles. The second-order valence-electron chi connectivity index (χ2n) is 4.51. The molecular formula is C14H20N2O4. The molecule has 0 aromatic carbocycles. The molecule has 2 aliphatic rings. The number of ether oxygens (including phenoxy) is 2. The number of fused-ring (bicyclic) bond motifs is 1. The van der Waals surface area contributed by atoms with Crippen LogP contribution in [0.25, 0.3) is 0 Å². The minimum atomic E-state index is -0.554. The van der Waals surface area contributed by atoms with Crippen LogP contribution in [0.15, 0.2) is 24.3 Å². The Kier molecular flexibility index (Phi) is 8.46. The molecule has 2 aliphatic heterocycles. The summed E-state index contributed by atoms with van der Waals surface area (Å²) < 4.78 is 10.2. The highest BCUT2D eigenvalue weighted by Gasteiger charge is 2.46. The third-order valence-corrected chi connectivity index (χ3v) is 2.38. The first-order valence-electron chi connectivity index (χ1n) is 6.04. The highest BCUT2D eigenvalue weighted by molar-refractivity contribution is 5.11. The van der Waals surface area contributed by atoms with Gasteiger partial charge in [0.05, 0.1) is 25.4 Å². The van der Waals surface area contributed by atoms with Gasteiger partial charge >= 0.3 is 0 Å². The number of hydrogen-bond donors (Lipinski definition) is 2. The van der Waals surface area contributed by atoms with Crippen molar-refractivity contribution in [3.05, 3.63) is 24.3 Å². The molecule has 0 unspecified atom stereocenters. The Balaban J connectivity index is 0.000000310. The molecule has 20 heavy (non-hydrogen) atoms. The van der Waals surface area contributed by atoms with Gasteiger partial charge in [-0.15, -0.1) is 0 Å². The summed E-state index contributed by atoms with van der Waals surface area (Å²) in [4.78, 5) is 0. The summed E-state index contributed by atoms with van der Waals surface area (Å²) in [7, 11) is 0. The van der Waals surface area contributed by atoms with Crippen molar-refractivity contribution in [2.45, 2.75) is 38.3 Å². The van der Waals surface area contributed by atoms with Crippen LogP contribution in [0.1, 0.15) is 13.8 Å². The van der Waals surface area contributed by atoms with Gasteiger partial charge in [0.1, 0.15) is 24.4 Å². The third kappa shape index (κ3) is 6.46. The predicted octanol–water partition coefficient (Wildman–Crippen LogP) is 0.678. The van der Waals surface area contributed by atoms with E-state index in [2.05, 4.69) is 13.2 Å². The van der Waals surface area contributed by atoms with Gasteiger partial charge in [0.15, 0.2) is 0 Å². The fourth-order valence-corrected chi connectivity index (χ4v) is 1.46. The molecule has 0 aromatic rings. The van der Waals surface area contributed by atoms with E-state index in [4.69, 9.17) is 30.2 Å². The van der Waals surface area contributed by atoms with Gasteiger partial charge in [0, 0.05) is 11.1 Å². The molecular weight excluding hydrogens is 260 g/mol. The van der Waals surface area contributed by atoms with E-state index in [0.717, 1.165) is 0 Å². The Morgan fingerprint density at radius 2 is 1.20 bits per heavy atom. The lowest BCUT2D eigenvalue weighted by Crippen LogP contribution is -2.30. The van der Waals surface area contributed by atoms with Crippen molar-refractivity contribution in [1.82, 2.24) is 0 Å². The zero-order valence-corrected chi connectivity index (χ0v) is 11.7. The van der Waals surface area contributed by atoms with Crippen LogP contribution in [0, 0.1) is 22.7 Å². The highest BCUT2D eigenvalue weighted by atomic mass is 16.6. The molecule has 0 amide bonds. The zero-order chi connectivity index (χ0) is 15.7. The fourth-order valence-electron chi connectivity index (χ4n) is 1.46. The van der Waals surface area contributed by atoms with Gasteiger partial charge in [-0.05, 0) is 13.8 Å². The van der Waals surface area contributed by atoms with E-state index in [9.17, 15) is 0 Å². The van der Waals surface area contributed by atoms with Gasteiger partial charge in [0.2, 0.25) is 0 Å². The summed E-state index contributed by atoms with van der Waals surface area (Å²) in [6.07, 6.45) is -1.70. The number of aliphatic hydroxyl groups is 2. The van der Waals surface area contributed by atoms with E-state index in [1.54, 1.807) is 13.8 Å². The van der Waals surface area contributed by atoms with Crippen molar-refractivity contribution in [3.8, 4) is 12.1 Å². The van der Waals surface area contributed by atoms with Gasteiger partial charge in [-0.25, -0.2) is 0 Å². The van der Waals surface area contributed by atoms with Gasteiger partial charge in [-0.2, -0.15) is 10.5 Å². The smallest absolute Gasteiger partial charge is 0.114 e. The van der Waals surface area contributed by atoms with E-state index >= 15 is 0 Å². The standard InChI is InChI=1S/C6H10O4.2C4H5N/c7-3-1-9-6-4(8)2-10-5(3)6;2*1-4(2)3-5/h3-8H,1-2H2;2*1H2,2H3/t3-,4-,5-,6-;;/m1../s1.